The van der Waals surface area contributed by atoms with Gasteiger partial charge in [-0.15, -0.1) is 0 Å². The minimum absolute atomic E-state index is 0.0595. The van der Waals surface area contributed by atoms with Crippen molar-refractivity contribution in [3.63, 3.8) is 0 Å². The van der Waals surface area contributed by atoms with Gasteiger partial charge in [0.1, 0.15) is 0 Å². The molecule has 9 nitrogen and oxygen atoms in total. The predicted octanol–water partition coefficient (Wildman–Crippen LogP) is 2.39. The number of rotatable bonds is 6. The molecule has 11 heteroatoms. The number of halogens is 1. The molecule has 28 heavy (non-hydrogen) atoms. The first-order valence-corrected chi connectivity index (χ1v) is 9.73. The Bertz CT molecular complexity index is 1100. The molecule has 0 atom stereocenters. The Morgan fingerprint density at radius 3 is 2.75 bits per heavy atom. The van der Waals surface area contributed by atoms with Gasteiger partial charge in [-0.2, -0.15) is 4.98 Å². The fourth-order valence-electron chi connectivity index (χ4n) is 2.16. The van der Waals surface area contributed by atoms with E-state index >= 15 is 0 Å². The molecular formula is C17H15ClN4O5S. The molecule has 1 aromatic carbocycles. The van der Waals surface area contributed by atoms with E-state index in [2.05, 4.69) is 15.1 Å². The molecule has 146 valence electrons. The van der Waals surface area contributed by atoms with E-state index < -0.39 is 16.0 Å². The fraction of sp³-hybridized carbons (Fsp3) is 0.176. The molecule has 0 amide bonds. The highest BCUT2D eigenvalue weighted by atomic mass is 35.5. The van der Waals surface area contributed by atoms with Crippen LogP contribution in [0.3, 0.4) is 0 Å². The van der Waals surface area contributed by atoms with E-state index in [0.29, 0.717) is 11.4 Å². The van der Waals surface area contributed by atoms with Gasteiger partial charge in [0.05, 0.1) is 15.5 Å². The van der Waals surface area contributed by atoms with Gasteiger partial charge in [-0.25, -0.2) is 17.5 Å². The zero-order valence-corrected chi connectivity index (χ0v) is 16.4. The van der Waals surface area contributed by atoms with Crippen LogP contribution in [-0.2, 0) is 21.4 Å². The summed E-state index contributed by atoms with van der Waals surface area (Å²) in [5, 5.41) is 3.85. The molecule has 3 rings (SSSR count). The Morgan fingerprint density at radius 1 is 1.29 bits per heavy atom. The lowest BCUT2D eigenvalue weighted by atomic mass is 10.2. The molecule has 0 saturated carbocycles. The van der Waals surface area contributed by atoms with Gasteiger partial charge in [-0.3, -0.25) is 4.98 Å². The molecule has 0 N–H and O–H groups in total. The molecule has 0 aliphatic rings. The summed E-state index contributed by atoms with van der Waals surface area (Å²) in [5.74, 6) is -0.446. The molecule has 0 saturated heterocycles. The second-order valence-corrected chi connectivity index (χ2v) is 8.32. The second-order valence-electron chi connectivity index (χ2n) is 5.76. The third-order valence-electron chi connectivity index (χ3n) is 3.65. The molecule has 0 aliphatic heterocycles. The SMILES string of the molecule is CN(C)S(=O)(=O)c1ccc(Cl)c(C(=O)OCc2nc(-c3cccnc3)no2)c1. The number of ether oxygens (including phenoxy) is 1. The van der Waals surface area contributed by atoms with E-state index in [9.17, 15) is 13.2 Å². The van der Waals surface area contributed by atoms with Gasteiger partial charge >= 0.3 is 5.97 Å². The van der Waals surface area contributed by atoms with Crippen molar-refractivity contribution in [1.29, 1.82) is 0 Å². The monoisotopic (exact) mass is 422 g/mol. The number of hydrogen-bond donors (Lipinski definition) is 0. The van der Waals surface area contributed by atoms with Crippen LogP contribution < -0.4 is 0 Å². The lowest BCUT2D eigenvalue weighted by molar-refractivity contribution is 0.0429. The van der Waals surface area contributed by atoms with Crippen LogP contribution in [-0.4, -0.2) is 47.9 Å². The minimum Gasteiger partial charge on any atom is -0.452 e. The summed E-state index contributed by atoms with van der Waals surface area (Å²) < 4.78 is 35.7. The topological polar surface area (TPSA) is 115 Å². The third kappa shape index (κ3) is 4.19. The predicted molar refractivity (Wildman–Crippen MR) is 99.0 cm³/mol. The summed E-state index contributed by atoms with van der Waals surface area (Å²) in [7, 11) is -0.951. The fourth-order valence-corrected chi connectivity index (χ4v) is 3.29. The van der Waals surface area contributed by atoms with Crippen LogP contribution >= 0.6 is 11.6 Å². The second kappa shape index (κ2) is 8.05. The molecule has 0 fully saturated rings. The molecule has 0 unspecified atom stereocenters. The minimum atomic E-state index is -3.72. The Hall–Kier alpha value is -2.82. The van der Waals surface area contributed by atoms with Crippen LogP contribution in [0, 0.1) is 0 Å². The van der Waals surface area contributed by atoms with Gasteiger partial charge in [0.25, 0.3) is 5.89 Å². The maximum atomic E-state index is 12.3. The number of aromatic nitrogens is 3. The first-order valence-electron chi connectivity index (χ1n) is 7.91. The van der Waals surface area contributed by atoms with E-state index in [1.54, 1.807) is 24.5 Å². The average molecular weight is 423 g/mol. The molecule has 0 spiro atoms. The normalized spacial score (nSPS) is 11.6. The summed E-state index contributed by atoms with van der Waals surface area (Å²) in [4.78, 5) is 20.3. The van der Waals surface area contributed by atoms with E-state index in [-0.39, 0.29) is 28.0 Å². The van der Waals surface area contributed by atoms with Gasteiger partial charge in [-0.1, -0.05) is 16.8 Å². The Labute approximate surface area is 166 Å². The third-order valence-corrected chi connectivity index (χ3v) is 5.79. The molecular weight excluding hydrogens is 408 g/mol. The number of esters is 1. The molecule has 0 radical (unpaired) electrons. The summed E-state index contributed by atoms with van der Waals surface area (Å²) in [5.41, 5.74) is 0.560. The van der Waals surface area contributed by atoms with E-state index in [1.807, 2.05) is 0 Å². The molecule has 0 bridgehead atoms. The van der Waals surface area contributed by atoms with Crippen molar-refractivity contribution in [2.75, 3.05) is 14.1 Å². The van der Waals surface area contributed by atoms with Crippen molar-refractivity contribution in [1.82, 2.24) is 19.4 Å². The molecule has 3 aromatic rings. The number of benzene rings is 1. The number of nitrogens with zero attached hydrogens (tertiary/aromatic N) is 4. The van der Waals surface area contributed by atoms with E-state index in [4.69, 9.17) is 20.9 Å². The number of sulfonamides is 1. The highest BCUT2D eigenvalue weighted by Gasteiger charge is 2.22. The Balaban J connectivity index is 1.75. The van der Waals surface area contributed by atoms with Crippen molar-refractivity contribution < 1.29 is 22.5 Å². The zero-order valence-electron chi connectivity index (χ0n) is 14.9. The number of carbonyl (C=O) groups excluding carboxylic acids is 1. The van der Waals surface area contributed by atoms with Gasteiger partial charge in [0.15, 0.2) is 6.61 Å². The maximum Gasteiger partial charge on any atom is 0.340 e. The standard InChI is InChI=1S/C17H15ClN4O5S/c1-22(2)28(24,25)12-5-6-14(18)13(8-12)17(23)26-10-15-20-16(21-27-15)11-4-3-7-19-9-11/h3-9H,10H2,1-2H3. The summed E-state index contributed by atoms with van der Waals surface area (Å²) >= 11 is 6.02. The van der Waals surface area contributed by atoms with Crippen molar-refractivity contribution >= 4 is 27.6 Å². The average Bonchev–Trinajstić information content (AvgIpc) is 3.16. The highest BCUT2D eigenvalue weighted by molar-refractivity contribution is 7.89. The van der Waals surface area contributed by atoms with Gasteiger partial charge in [0, 0.05) is 32.1 Å². The van der Waals surface area contributed by atoms with Crippen molar-refractivity contribution in [3.05, 3.63) is 59.2 Å². The lowest BCUT2D eigenvalue weighted by Gasteiger charge is -2.12. The van der Waals surface area contributed by atoms with Crippen molar-refractivity contribution in [2.45, 2.75) is 11.5 Å². The van der Waals surface area contributed by atoms with Crippen LogP contribution in [0.25, 0.3) is 11.4 Å². The summed E-state index contributed by atoms with van der Waals surface area (Å²) in [6, 6.07) is 7.27. The Morgan fingerprint density at radius 2 is 2.07 bits per heavy atom. The van der Waals surface area contributed by atoms with Gasteiger partial charge in [0.2, 0.25) is 15.8 Å². The van der Waals surface area contributed by atoms with Gasteiger partial charge < -0.3 is 9.26 Å². The first-order chi connectivity index (χ1) is 13.3. The number of pyridine rings is 1. The van der Waals surface area contributed by atoms with Crippen LogP contribution in [0.4, 0.5) is 0 Å². The van der Waals surface area contributed by atoms with Crippen LogP contribution in [0.5, 0.6) is 0 Å². The highest BCUT2D eigenvalue weighted by Crippen LogP contribution is 2.23. The summed E-state index contributed by atoms with van der Waals surface area (Å²) in [6.07, 6.45) is 3.18. The Kier molecular flexibility index (Phi) is 5.73. The molecule has 2 aromatic heterocycles. The number of carbonyl (C=O) groups is 1. The van der Waals surface area contributed by atoms with Crippen LogP contribution in [0.15, 0.2) is 52.1 Å². The largest absolute Gasteiger partial charge is 0.452 e. The van der Waals surface area contributed by atoms with Crippen LogP contribution in [0.2, 0.25) is 5.02 Å². The van der Waals surface area contributed by atoms with Crippen LogP contribution in [0.1, 0.15) is 16.2 Å². The zero-order chi connectivity index (χ0) is 20.3. The first kappa shape index (κ1) is 19.9. The van der Waals surface area contributed by atoms with E-state index in [0.717, 1.165) is 10.4 Å². The molecule has 0 aliphatic carbocycles. The van der Waals surface area contributed by atoms with Crippen molar-refractivity contribution in [2.24, 2.45) is 0 Å². The quantitative estimate of drug-likeness (QED) is 0.556. The smallest absolute Gasteiger partial charge is 0.340 e. The maximum absolute atomic E-state index is 12.3. The van der Waals surface area contributed by atoms with Crippen molar-refractivity contribution in [3.8, 4) is 11.4 Å². The number of hydrogen-bond acceptors (Lipinski definition) is 8. The molecule has 2 heterocycles. The van der Waals surface area contributed by atoms with Gasteiger partial charge in [-0.05, 0) is 30.3 Å². The summed E-state index contributed by atoms with van der Waals surface area (Å²) in [6.45, 7) is -0.299. The lowest BCUT2D eigenvalue weighted by Crippen LogP contribution is -2.22. The van der Waals surface area contributed by atoms with E-state index in [1.165, 1.54) is 26.2 Å².